The number of rotatable bonds is 6. The number of carbonyl (C=O) groups excluding carboxylic acids is 1. The highest BCUT2D eigenvalue weighted by Gasteiger charge is 2.58. The van der Waals surface area contributed by atoms with Gasteiger partial charge in [-0.15, -0.1) is 0 Å². The molecule has 3 nitrogen and oxygen atoms in total. The van der Waals surface area contributed by atoms with E-state index in [1.165, 1.54) is 44.9 Å². The molecule has 0 aromatic heterocycles. The maximum absolute atomic E-state index is 12.8. The van der Waals surface area contributed by atoms with Gasteiger partial charge in [0.25, 0.3) is 0 Å². The maximum Gasteiger partial charge on any atom is 0.139 e. The minimum atomic E-state index is 0.121. The van der Waals surface area contributed by atoms with Gasteiger partial charge in [0.1, 0.15) is 5.78 Å². The third-order valence-corrected chi connectivity index (χ3v) is 6.64. The van der Waals surface area contributed by atoms with Crippen LogP contribution in [0.1, 0.15) is 84.0 Å². The first-order valence-corrected chi connectivity index (χ1v) is 9.65. The average molecular weight is 307 g/mol. The van der Waals surface area contributed by atoms with E-state index >= 15 is 0 Å². The van der Waals surface area contributed by atoms with E-state index in [0.29, 0.717) is 17.9 Å². The lowest BCUT2D eigenvalue weighted by Crippen LogP contribution is -2.64. The number of hydrogen-bond donors (Lipinski definition) is 1. The van der Waals surface area contributed by atoms with E-state index in [1.807, 2.05) is 0 Å². The third-order valence-electron chi connectivity index (χ3n) is 6.64. The van der Waals surface area contributed by atoms with E-state index in [2.05, 4.69) is 11.8 Å². The van der Waals surface area contributed by atoms with Crippen LogP contribution in [0.2, 0.25) is 0 Å². The minimum absolute atomic E-state index is 0.121. The van der Waals surface area contributed by atoms with E-state index in [4.69, 9.17) is 0 Å². The minimum Gasteiger partial charge on any atom is -0.395 e. The normalized spacial score (nSPS) is 38.8. The van der Waals surface area contributed by atoms with Crippen molar-refractivity contribution < 1.29 is 9.90 Å². The number of ketones is 1. The zero-order valence-electron chi connectivity index (χ0n) is 14.2. The Balaban J connectivity index is 1.77. The first-order valence-electron chi connectivity index (χ1n) is 9.65. The molecule has 126 valence electrons. The fourth-order valence-corrected chi connectivity index (χ4v) is 5.70. The third kappa shape index (κ3) is 2.75. The van der Waals surface area contributed by atoms with Crippen LogP contribution >= 0.6 is 0 Å². The Hall–Kier alpha value is -0.410. The van der Waals surface area contributed by atoms with Crippen LogP contribution in [0.5, 0.6) is 0 Å². The van der Waals surface area contributed by atoms with E-state index in [0.717, 1.165) is 32.1 Å². The standard InChI is InChI=1S/C19H33NO2/c1-2-3-4-5-8-15-13-18(22)17-9-6-7-11-19(17)12-10-16(14-21)20(15)19/h15-17,21H,2-14H2,1H3/t15-,16+,17-,19+/m0/s1. The molecule has 1 N–H and O–H groups in total. The van der Waals surface area contributed by atoms with Crippen LogP contribution in [0, 0.1) is 5.92 Å². The van der Waals surface area contributed by atoms with Crippen LogP contribution in [-0.2, 0) is 4.79 Å². The largest absolute Gasteiger partial charge is 0.395 e. The maximum atomic E-state index is 12.8. The van der Waals surface area contributed by atoms with E-state index in [9.17, 15) is 9.90 Å². The van der Waals surface area contributed by atoms with Gasteiger partial charge in [-0.3, -0.25) is 9.69 Å². The Kier molecular flexibility index (Phi) is 5.24. The van der Waals surface area contributed by atoms with Crippen LogP contribution in [-0.4, -0.2) is 40.0 Å². The number of piperidine rings is 1. The lowest BCUT2D eigenvalue weighted by Gasteiger charge is -2.55. The van der Waals surface area contributed by atoms with E-state index in [1.54, 1.807) is 0 Å². The molecular weight excluding hydrogens is 274 g/mol. The molecule has 4 atom stereocenters. The monoisotopic (exact) mass is 307 g/mol. The van der Waals surface area contributed by atoms with Gasteiger partial charge in [-0.25, -0.2) is 0 Å². The summed E-state index contributed by atoms with van der Waals surface area (Å²) in [5.41, 5.74) is 0.121. The van der Waals surface area contributed by atoms with Gasteiger partial charge < -0.3 is 5.11 Å². The second-order valence-electron chi connectivity index (χ2n) is 7.86. The van der Waals surface area contributed by atoms with Gasteiger partial charge in [-0.2, -0.15) is 0 Å². The predicted molar refractivity (Wildman–Crippen MR) is 88.8 cm³/mol. The van der Waals surface area contributed by atoms with Crippen LogP contribution in [0.4, 0.5) is 0 Å². The molecule has 3 heteroatoms. The van der Waals surface area contributed by atoms with Crippen molar-refractivity contribution in [1.82, 2.24) is 4.90 Å². The number of aliphatic hydroxyl groups is 1. The molecule has 3 aliphatic rings. The van der Waals surface area contributed by atoms with Crippen LogP contribution in [0.25, 0.3) is 0 Å². The highest BCUT2D eigenvalue weighted by molar-refractivity contribution is 5.84. The molecule has 0 bridgehead atoms. The average Bonchev–Trinajstić information content (AvgIpc) is 2.90. The fourth-order valence-electron chi connectivity index (χ4n) is 5.70. The summed E-state index contributed by atoms with van der Waals surface area (Å²) in [5, 5.41) is 9.86. The lowest BCUT2D eigenvalue weighted by molar-refractivity contribution is -0.144. The Morgan fingerprint density at radius 3 is 2.77 bits per heavy atom. The van der Waals surface area contributed by atoms with Crippen LogP contribution < -0.4 is 0 Å². The summed E-state index contributed by atoms with van der Waals surface area (Å²) in [6.45, 7) is 2.52. The highest BCUT2D eigenvalue weighted by atomic mass is 16.3. The van der Waals surface area contributed by atoms with E-state index < -0.39 is 0 Å². The first-order chi connectivity index (χ1) is 10.7. The topological polar surface area (TPSA) is 40.5 Å². The molecule has 22 heavy (non-hydrogen) atoms. The quantitative estimate of drug-likeness (QED) is 0.761. The summed E-state index contributed by atoms with van der Waals surface area (Å²) in [6.07, 6.45) is 14.0. The van der Waals surface area contributed by atoms with Gasteiger partial charge in [0, 0.05) is 30.0 Å². The van der Waals surface area contributed by atoms with Crippen molar-refractivity contribution in [3.05, 3.63) is 0 Å². The molecule has 1 spiro atoms. The molecule has 2 heterocycles. The van der Waals surface area contributed by atoms with Crippen molar-refractivity contribution in [3.8, 4) is 0 Å². The second kappa shape index (κ2) is 7.00. The van der Waals surface area contributed by atoms with Gasteiger partial charge >= 0.3 is 0 Å². The predicted octanol–water partition coefficient (Wildman–Crippen LogP) is 3.68. The van der Waals surface area contributed by atoms with Crippen molar-refractivity contribution in [3.63, 3.8) is 0 Å². The van der Waals surface area contributed by atoms with Gasteiger partial charge in [0.2, 0.25) is 0 Å². The summed E-state index contributed by atoms with van der Waals surface area (Å²) in [4.78, 5) is 15.4. The molecule has 1 aliphatic carbocycles. The molecule has 0 aromatic carbocycles. The van der Waals surface area contributed by atoms with Crippen LogP contribution in [0.3, 0.4) is 0 Å². The summed E-state index contributed by atoms with van der Waals surface area (Å²) < 4.78 is 0. The Bertz CT molecular complexity index is 397. The number of hydrogen-bond acceptors (Lipinski definition) is 3. The van der Waals surface area contributed by atoms with Crippen molar-refractivity contribution >= 4 is 5.78 Å². The zero-order valence-corrected chi connectivity index (χ0v) is 14.2. The Morgan fingerprint density at radius 1 is 1.14 bits per heavy atom. The van der Waals surface area contributed by atoms with Gasteiger partial charge in [0.05, 0.1) is 6.61 Å². The number of nitrogens with zero attached hydrogens (tertiary/aromatic N) is 1. The number of aliphatic hydroxyl groups excluding tert-OH is 1. The molecule has 3 fully saturated rings. The van der Waals surface area contributed by atoms with Crippen molar-refractivity contribution in [2.45, 2.75) is 102 Å². The number of carbonyl (C=O) groups is 1. The van der Waals surface area contributed by atoms with Crippen molar-refractivity contribution in [1.29, 1.82) is 0 Å². The van der Waals surface area contributed by atoms with Gasteiger partial charge in [0.15, 0.2) is 0 Å². The molecule has 0 radical (unpaired) electrons. The van der Waals surface area contributed by atoms with E-state index in [-0.39, 0.29) is 18.1 Å². The van der Waals surface area contributed by atoms with Crippen molar-refractivity contribution in [2.24, 2.45) is 5.92 Å². The molecule has 3 rings (SSSR count). The highest BCUT2D eigenvalue weighted by Crippen LogP contribution is 2.53. The molecule has 0 amide bonds. The number of unbranched alkanes of at least 4 members (excludes halogenated alkanes) is 3. The molecular formula is C19H33NO2. The second-order valence-corrected chi connectivity index (χ2v) is 7.86. The first kappa shape index (κ1) is 16.4. The molecule has 1 saturated carbocycles. The van der Waals surface area contributed by atoms with Crippen LogP contribution in [0.15, 0.2) is 0 Å². The SMILES string of the molecule is CCCCCC[C@H]1CC(=O)[C@@H]2CCCC[C@@]23CC[C@H](CO)N13. The summed E-state index contributed by atoms with van der Waals surface area (Å²) in [6, 6.07) is 0.711. The zero-order chi connectivity index (χ0) is 15.6. The molecule has 2 saturated heterocycles. The van der Waals surface area contributed by atoms with Gasteiger partial charge in [-0.1, -0.05) is 45.4 Å². The lowest BCUT2D eigenvalue weighted by atomic mass is 9.65. The van der Waals surface area contributed by atoms with Crippen molar-refractivity contribution in [2.75, 3.05) is 6.61 Å². The smallest absolute Gasteiger partial charge is 0.139 e. The summed E-state index contributed by atoms with van der Waals surface area (Å²) >= 11 is 0. The summed E-state index contributed by atoms with van der Waals surface area (Å²) in [7, 11) is 0. The number of Topliss-reactive ketones (excluding diaryl/α,β-unsaturated/α-hetero) is 1. The molecule has 2 aliphatic heterocycles. The molecule has 0 unspecified atom stereocenters. The Morgan fingerprint density at radius 2 is 2.00 bits per heavy atom. The summed E-state index contributed by atoms with van der Waals surface area (Å²) in [5.74, 6) is 0.805. The fraction of sp³-hybridized carbons (Fsp3) is 0.947. The van der Waals surface area contributed by atoms with Gasteiger partial charge in [-0.05, 0) is 32.1 Å². The molecule has 0 aromatic rings. The Labute approximate surface area is 135 Å².